The molecule has 1 aromatic carbocycles. The fourth-order valence-corrected chi connectivity index (χ4v) is 3.10. The Morgan fingerprint density at radius 1 is 1.21 bits per heavy atom. The molecule has 134 valence electrons. The topological polar surface area (TPSA) is 68.8 Å². The third-order valence-corrected chi connectivity index (χ3v) is 4.35. The molecular weight excluding hydrogens is 308 g/mol. The second-order valence-corrected chi connectivity index (χ2v) is 6.18. The standard InChI is InChI=1S/C18H28N2O4/c1-12-9-14(7-8-19-12)20-17(21)6-5-13-10-15(22-2)18(24-4)16(11-13)23-3/h10-12,14,19H,5-9H2,1-4H3,(H,20,21). The van der Waals surface area contributed by atoms with Gasteiger partial charge in [-0.1, -0.05) is 0 Å². The Morgan fingerprint density at radius 2 is 1.88 bits per heavy atom. The highest BCUT2D eigenvalue weighted by Gasteiger charge is 2.20. The molecule has 1 aliphatic heterocycles. The van der Waals surface area contributed by atoms with E-state index in [1.807, 2.05) is 12.1 Å². The Bertz CT molecular complexity index is 537. The second kappa shape index (κ2) is 8.78. The lowest BCUT2D eigenvalue weighted by Gasteiger charge is -2.28. The maximum absolute atomic E-state index is 12.2. The van der Waals surface area contributed by atoms with Crippen molar-refractivity contribution in [1.82, 2.24) is 10.6 Å². The first-order chi connectivity index (χ1) is 11.6. The number of methoxy groups -OCH3 is 3. The Labute approximate surface area is 143 Å². The number of hydrogen-bond acceptors (Lipinski definition) is 5. The number of carbonyl (C=O) groups is 1. The summed E-state index contributed by atoms with van der Waals surface area (Å²) in [7, 11) is 4.76. The summed E-state index contributed by atoms with van der Waals surface area (Å²) in [6, 6.07) is 4.51. The summed E-state index contributed by atoms with van der Waals surface area (Å²) in [6.45, 7) is 3.10. The Kier molecular flexibility index (Phi) is 6.73. The van der Waals surface area contributed by atoms with Crippen molar-refractivity contribution in [2.24, 2.45) is 0 Å². The normalized spacial score (nSPS) is 20.3. The van der Waals surface area contributed by atoms with Gasteiger partial charge in [-0.15, -0.1) is 0 Å². The summed E-state index contributed by atoms with van der Waals surface area (Å²) in [5.74, 6) is 1.87. The zero-order chi connectivity index (χ0) is 17.5. The van der Waals surface area contributed by atoms with Crippen LogP contribution < -0.4 is 24.8 Å². The van der Waals surface area contributed by atoms with Gasteiger partial charge in [0.05, 0.1) is 21.3 Å². The zero-order valence-corrected chi connectivity index (χ0v) is 15.0. The van der Waals surface area contributed by atoms with Gasteiger partial charge < -0.3 is 24.8 Å². The predicted molar refractivity (Wildman–Crippen MR) is 93.0 cm³/mol. The molecule has 0 radical (unpaired) electrons. The molecule has 0 spiro atoms. The molecule has 2 atom stereocenters. The number of hydrogen-bond donors (Lipinski definition) is 2. The summed E-state index contributed by atoms with van der Waals surface area (Å²) in [5.41, 5.74) is 0.985. The second-order valence-electron chi connectivity index (χ2n) is 6.18. The van der Waals surface area contributed by atoms with E-state index in [0.717, 1.165) is 24.9 Å². The van der Waals surface area contributed by atoms with E-state index in [2.05, 4.69) is 17.6 Å². The molecule has 2 N–H and O–H groups in total. The van der Waals surface area contributed by atoms with E-state index in [9.17, 15) is 4.79 Å². The van der Waals surface area contributed by atoms with Gasteiger partial charge in [0, 0.05) is 18.5 Å². The zero-order valence-electron chi connectivity index (χ0n) is 15.0. The van der Waals surface area contributed by atoms with Crippen molar-refractivity contribution in [2.75, 3.05) is 27.9 Å². The van der Waals surface area contributed by atoms with Crippen LogP contribution in [0.5, 0.6) is 17.2 Å². The quantitative estimate of drug-likeness (QED) is 0.796. The smallest absolute Gasteiger partial charge is 0.220 e. The molecule has 0 saturated carbocycles. The predicted octanol–water partition coefficient (Wildman–Crippen LogP) is 1.90. The Morgan fingerprint density at radius 3 is 2.42 bits per heavy atom. The minimum Gasteiger partial charge on any atom is -0.493 e. The van der Waals surface area contributed by atoms with Gasteiger partial charge in [0.2, 0.25) is 11.7 Å². The minimum absolute atomic E-state index is 0.0860. The fourth-order valence-electron chi connectivity index (χ4n) is 3.10. The fraction of sp³-hybridized carbons (Fsp3) is 0.611. The van der Waals surface area contributed by atoms with E-state index in [1.54, 1.807) is 21.3 Å². The van der Waals surface area contributed by atoms with Crippen molar-refractivity contribution in [3.05, 3.63) is 17.7 Å². The molecule has 0 bridgehead atoms. The van der Waals surface area contributed by atoms with Gasteiger partial charge in [-0.05, 0) is 50.4 Å². The van der Waals surface area contributed by atoms with Crippen LogP contribution in [0.15, 0.2) is 12.1 Å². The lowest BCUT2D eigenvalue weighted by Crippen LogP contribution is -2.46. The van der Waals surface area contributed by atoms with Crippen LogP contribution in [0.2, 0.25) is 0 Å². The van der Waals surface area contributed by atoms with E-state index < -0.39 is 0 Å². The highest BCUT2D eigenvalue weighted by Crippen LogP contribution is 2.38. The highest BCUT2D eigenvalue weighted by atomic mass is 16.5. The first kappa shape index (κ1) is 18.4. The maximum atomic E-state index is 12.2. The van der Waals surface area contributed by atoms with E-state index in [0.29, 0.717) is 36.1 Å². The molecule has 1 fully saturated rings. The van der Waals surface area contributed by atoms with Crippen LogP contribution >= 0.6 is 0 Å². The third-order valence-electron chi connectivity index (χ3n) is 4.35. The van der Waals surface area contributed by atoms with Crippen molar-refractivity contribution in [3.8, 4) is 17.2 Å². The molecule has 1 aromatic rings. The van der Waals surface area contributed by atoms with E-state index in [1.165, 1.54) is 0 Å². The number of rotatable bonds is 7. The van der Waals surface area contributed by atoms with Crippen LogP contribution in [-0.4, -0.2) is 45.9 Å². The van der Waals surface area contributed by atoms with Gasteiger partial charge in [0.1, 0.15) is 0 Å². The van der Waals surface area contributed by atoms with Crippen molar-refractivity contribution in [1.29, 1.82) is 0 Å². The summed E-state index contributed by atoms with van der Waals surface area (Å²) >= 11 is 0. The molecule has 1 saturated heterocycles. The molecular formula is C18H28N2O4. The number of aryl methyl sites for hydroxylation is 1. The molecule has 6 nitrogen and oxygen atoms in total. The first-order valence-corrected chi connectivity index (χ1v) is 8.39. The van der Waals surface area contributed by atoms with Crippen LogP contribution in [0.4, 0.5) is 0 Å². The molecule has 6 heteroatoms. The van der Waals surface area contributed by atoms with Crippen molar-refractivity contribution < 1.29 is 19.0 Å². The summed E-state index contributed by atoms with van der Waals surface area (Å²) in [5, 5.41) is 6.52. The first-order valence-electron chi connectivity index (χ1n) is 8.39. The van der Waals surface area contributed by atoms with E-state index in [-0.39, 0.29) is 11.9 Å². The molecule has 2 rings (SSSR count). The average molecular weight is 336 g/mol. The van der Waals surface area contributed by atoms with E-state index in [4.69, 9.17) is 14.2 Å². The van der Waals surface area contributed by atoms with Crippen LogP contribution in [0.25, 0.3) is 0 Å². The lowest BCUT2D eigenvalue weighted by atomic mass is 10.00. The molecule has 0 aliphatic carbocycles. The van der Waals surface area contributed by atoms with Gasteiger partial charge in [-0.25, -0.2) is 0 Å². The Balaban J connectivity index is 1.94. The lowest BCUT2D eigenvalue weighted by molar-refractivity contribution is -0.122. The molecule has 24 heavy (non-hydrogen) atoms. The monoisotopic (exact) mass is 336 g/mol. The van der Waals surface area contributed by atoms with Gasteiger partial charge in [-0.2, -0.15) is 0 Å². The van der Waals surface area contributed by atoms with Gasteiger partial charge in [0.25, 0.3) is 0 Å². The van der Waals surface area contributed by atoms with Crippen LogP contribution in [0.1, 0.15) is 31.7 Å². The number of nitrogens with one attached hydrogen (secondary N) is 2. The van der Waals surface area contributed by atoms with Gasteiger partial charge in [-0.3, -0.25) is 4.79 Å². The number of ether oxygens (including phenoxy) is 3. The summed E-state index contributed by atoms with van der Waals surface area (Å²) in [6.07, 6.45) is 3.04. The molecule has 1 aliphatic rings. The molecule has 0 aromatic heterocycles. The third kappa shape index (κ3) is 4.77. The minimum atomic E-state index is 0.0860. The van der Waals surface area contributed by atoms with Gasteiger partial charge >= 0.3 is 0 Å². The van der Waals surface area contributed by atoms with E-state index >= 15 is 0 Å². The van der Waals surface area contributed by atoms with Crippen molar-refractivity contribution in [2.45, 2.75) is 44.7 Å². The molecule has 1 amide bonds. The number of piperidine rings is 1. The number of benzene rings is 1. The summed E-state index contributed by atoms with van der Waals surface area (Å²) in [4.78, 5) is 12.2. The largest absolute Gasteiger partial charge is 0.493 e. The average Bonchev–Trinajstić information content (AvgIpc) is 2.58. The number of amides is 1. The summed E-state index contributed by atoms with van der Waals surface area (Å²) < 4.78 is 16.0. The molecule has 1 heterocycles. The Hall–Kier alpha value is -1.95. The van der Waals surface area contributed by atoms with Crippen LogP contribution in [0.3, 0.4) is 0 Å². The van der Waals surface area contributed by atoms with Gasteiger partial charge in [0.15, 0.2) is 11.5 Å². The van der Waals surface area contributed by atoms with Crippen LogP contribution in [-0.2, 0) is 11.2 Å². The van der Waals surface area contributed by atoms with Crippen molar-refractivity contribution >= 4 is 5.91 Å². The highest BCUT2D eigenvalue weighted by molar-refractivity contribution is 5.76. The molecule has 2 unspecified atom stereocenters. The number of carbonyl (C=O) groups excluding carboxylic acids is 1. The van der Waals surface area contributed by atoms with Crippen molar-refractivity contribution in [3.63, 3.8) is 0 Å². The van der Waals surface area contributed by atoms with Crippen LogP contribution in [0, 0.1) is 0 Å². The SMILES string of the molecule is COc1cc(CCC(=O)NC2CCNC(C)C2)cc(OC)c1OC. The maximum Gasteiger partial charge on any atom is 0.220 e.